The van der Waals surface area contributed by atoms with Gasteiger partial charge in [-0.3, -0.25) is 4.79 Å². The van der Waals surface area contributed by atoms with E-state index in [0.717, 1.165) is 37.6 Å². The zero-order valence-electron chi connectivity index (χ0n) is 15.5. The van der Waals surface area contributed by atoms with Crippen LogP contribution in [-0.4, -0.2) is 23.6 Å². The molecule has 0 saturated heterocycles. The molecule has 0 aliphatic carbocycles. The van der Waals surface area contributed by atoms with Gasteiger partial charge in [0.25, 0.3) is 0 Å². The maximum Gasteiger partial charge on any atom is 0.230 e. The minimum absolute atomic E-state index is 0.134. The second kappa shape index (κ2) is 8.11. The normalized spacial score (nSPS) is 15.2. The van der Waals surface area contributed by atoms with Crippen molar-refractivity contribution in [2.75, 3.05) is 11.9 Å². The Bertz CT molecular complexity index is 1010. The van der Waals surface area contributed by atoms with E-state index in [9.17, 15) is 4.79 Å². The van der Waals surface area contributed by atoms with Crippen LogP contribution in [0, 0.1) is 0 Å². The number of aromatic nitrogens is 1. The van der Waals surface area contributed by atoms with Gasteiger partial charge in [-0.2, -0.15) is 0 Å². The number of hydrogen-bond acceptors (Lipinski definition) is 6. The number of nitrogens with one attached hydrogen (secondary N) is 1. The molecule has 2 aromatic heterocycles. The van der Waals surface area contributed by atoms with Crippen molar-refractivity contribution in [3.63, 3.8) is 0 Å². The molecule has 0 fully saturated rings. The molecular formula is C20H19ClN2O3S2. The third kappa shape index (κ3) is 4.16. The zero-order valence-corrected chi connectivity index (χ0v) is 17.8. The number of carbonyl (C=O) groups is 1. The van der Waals surface area contributed by atoms with Crippen LogP contribution in [0.25, 0.3) is 9.88 Å². The lowest BCUT2D eigenvalue weighted by Crippen LogP contribution is -2.15. The van der Waals surface area contributed by atoms with Crippen LogP contribution in [0.1, 0.15) is 25.1 Å². The summed E-state index contributed by atoms with van der Waals surface area (Å²) in [4.78, 5) is 18.2. The fraction of sp³-hybridized carbons (Fsp3) is 0.300. The first-order valence-electron chi connectivity index (χ1n) is 8.98. The molecule has 0 bridgehead atoms. The summed E-state index contributed by atoms with van der Waals surface area (Å²) in [6.07, 6.45) is 1.17. The number of amides is 1. The molecule has 1 N–H and O–H groups in total. The molecular weight excluding hydrogens is 416 g/mol. The van der Waals surface area contributed by atoms with Crippen LogP contribution in [0.15, 0.2) is 29.6 Å². The summed E-state index contributed by atoms with van der Waals surface area (Å²) in [5.74, 6) is 1.32. The van der Waals surface area contributed by atoms with Crippen LogP contribution >= 0.6 is 34.3 Å². The van der Waals surface area contributed by atoms with Gasteiger partial charge in [0.2, 0.25) is 5.91 Å². The minimum atomic E-state index is -0.145. The number of benzene rings is 1. The van der Waals surface area contributed by atoms with Crippen molar-refractivity contribution in [2.24, 2.45) is 0 Å². The zero-order chi connectivity index (χ0) is 19.7. The standard InChI is InChI=1S/C20H19ClN2O3S2/c1-3-25-16-7-12-6-11(2)26-15(12)9-14(16)23-19(24)8-13-10-27-20(22-13)17-4-5-18(21)28-17/h4-5,7,9-11H,3,6,8H2,1-2H3,(H,23,24). The third-order valence-electron chi connectivity index (χ3n) is 4.25. The molecule has 1 amide bonds. The van der Waals surface area contributed by atoms with E-state index in [1.807, 2.05) is 43.5 Å². The summed E-state index contributed by atoms with van der Waals surface area (Å²) < 4.78 is 12.2. The number of carbonyl (C=O) groups excluding carboxylic acids is 1. The SMILES string of the molecule is CCOc1cc2c(cc1NC(=O)Cc1csc(-c3ccc(Cl)s3)n1)OC(C)C2. The van der Waals surface area contributed by atoms with E-state index in [2.05, 4.69) is 10.3 Å². The van der Waals surface area contributed by atoms with Crippen molar-refractivity contribution >= 4 is 45.9 Å². The molecule has 146 valence electrons. The van der Waals surface area contributed by atoms with Crippen LogP contribution in [0.5, 0.6) is 11.5 Å². The fourth-order valence-electron chi connectivity index (χ4n) is 3.10. The molecule has 4 rings (SSSR count). The van der Waals surface area contributed by atoms with Gasteiger partial charge in [0.15, 0.2) is 0 Å². The average molecular weight is 435 g/mol. The van der Waals surface area contributed by atoms with Crippen LogP contribution in [0.4, 0.5) is 5.69 Å². The van der Waals surface area contributed by atoms with Gasteiger partial charge in [0.05, 0.1) is 33.6 Å². The average Bonchev–Trinajstić information content (AvgIpc) is 3.35. The van der Waals surface area contributed by atoms with Gasteiger partial charge in [-0.15, -0.1) is 22.7 Å². The second-order valence-electron chi connectivity index (χ2n) is 6.49. The first kappa shape index (κ1) is 19.2. The molecule has 1 unspecified atom stereocenters. The van der Waals surface area contributed by atoms with Crippen LogP contribution < -0.4 is 14.8 Å². The Balaban J connectivity index is 1.48. The lowest BCUT2D eigenvalue weighted by atomic mass is 10.1. The highest BCUT2D eigenvalue weighted by Crippen LogP contribution is 2.38. The predicted octanol–water partition coefficient (Wildman–Crippen LogP) is 5.43. The molecule has 1 aromatic carbocycles. The third-order valence-corrected chi connectivity index (χ3v) is 6.54. The quantitative estimate of drug-likeness (QED) is 0.562. The number of halogens is 1. The topological polar surface area (TPSA) is 60.5 Å². The number of anilines is 1. The van der Waals surface area contributed by atoms with E-state index in [1.165, 1.54) is 22.7 Å². The van der Waals surface area contributed by atoms with Crippen molar-refractivity contribution in [1.82, 2.24) is 4.98 Å². The Morgan fingerprint density at radius 3 is 3.04 bits per heavy atom. The summed E-state index contributed by atoms with van der Waals surface area (Å²) in [6.45, 7) is 4.47. The second-order valence-corrected chi connectivity index (χ2v) is 9.07. The largest absolute Gasteiger partial charge is 0.492 e. The number of ether oxygens (including phenoxy) is 2. The van der Waals surface area contributed by atoms with E-state index in [4.69, 9.17) is 21.1 Å². The molecule has 3 heterocycles. The lowest BCUT2D eigenvalue weighted by Gasteiger charge is -2.13. The predicted molar refractivity (Wildman–Crippen MR) is 114 cm³/mol. The Morgan fingerprint density at radius 2 is 2.29 bits per heavy atom. The Morgan fingerprint density at radius 1 is 1.43 bits per heavy atom. The maximum atomic E-state index is 12.6. The van der Waals surface area contributed by atoms with Gasteiger partial charge < -0.3 is 14.8 Å². The highest BCUT2D eigenvalue weighted by Gasteiger charge is 2.23. The summed E-state index contributed by atoms with van der Waals surface area (Å²) in [5.41, 5.74) is 2.46. The van der Waals surface area contributed by atoms with Crippen LogP contribution in [0.3, 0.4) is 0 Å². The molecule has 1 atom stereocenters. The highest BCUT2D eigenvalue weighted by atomic mass is 35.5. The first-order valence-corrected chi connectivity index (χ1v) is 11.1. The number of thiophene rings is 1. The maximum absolute atomic E-state index is 12.6. The molecule has 8 heteroatoms. The first-order chi connectivity index (χ1) is 13.5. The lowest BCUT2D eigenvalue weighted by molar-refractivity contribution is -0.115. The monoisotopic (exact) mass is 434 g/mol. The van der Waals surface area contributed by atoms with Crippen molar-refractivity contribution < 1.29 is 14.3 Å². The van der Waals surface area contributed by atoms with Gasteiger partial charge >= 0.3 is 0 Å². The molecule has 0 radical (unpaired) electrons. The minimum Gasteiger partial charge on any atom is -0.492 e. The van der Waals surface area contributed by atoms with E-state index in [-0.39, 0.29) is 18.4 Å². The van der Waals surface area contributed by atoms with E-state index >= 15 is 0 Å². The smallest absolute Gasteiger partial charge is 0.230 e. The van der Waals surface area contributed by atoms with Crippen molar-refractivity contribution in [1.29, 1.82) is 0 Å². The van der Waals surface area contributed by atoms with Crippen LogP contribution in [0.2, 0.25) is 4.34 Å². The number of rotatable bonds is 6. The van der Waals surface area contributed by atoms with Gasteiger partial charge in [-0.05, 0) is 32.0 Å². The molecule has 0 spiro atoms. The van der Waals surface area contributed by atoms with E-state index in [0.29, 0.717) is 18.0 Å². The number of fused-ring (bicyclic) bond motifs is 1. The van der Waals surface area contributed by atoms with Gasteiger partial charge in [-0.1, -0.05) is 11.6 Å². The molecule has 28 heavy (non-hydrogen) atoms. The van der Waals surface area contributed by atoms with E-state index < -0.39 is 0 Å². The molecule has 1 aliphatic heterocycles. The van der Waals surface area contributed by atoms with Gasteiger partial charge in [0, 0.05) is 23.4 Å². The molecule has 1 aliphatic rings. The van der Waals surface area contributed by atoms with Crippen molar-refractivity contribution in [2.45, 2.75) is 32.8 Å². The summed E-state index contributed by atoms with van der Waals surface area (Å²) in [6, 6.07) is 7.60. The van der Waals surface area contributed by atoms with Crippen molar-refractivity contribution in [3.8, 4) is 21.4 Å². The Labute approximate surface area is 176 Å². The number of thiazole rings is 1. The highest BCUT2D eigenvalue weighted by molar-refractivity contribution is 7.23. The summed E-state index contributed by atoms with van der Waals surface area (Å²) >= 11 is 8.98. The van der Waals surface area contributed by atoms with Crippen LogP contribution in [-0.2, 0) is 17.6 Å². The van der Waals surface area contributed by atoms with Gasteiger partial charge in [0.1, 0.15) is 22.6 Å². The fourth-order valence-corrected chi connectivity index (χ4v) is 5.04. The van der Waals surface area contributed by atoms with Gasteiger partial charge in [-0.25, -0.2) is 4.98 Å². The molecule has 3 aromatic rings. The summed E-state index contributed by atoms with van der Waals surface area (Å²) in [7, 11) is 0. The molecule has 0 saturated carbocycles. The Kier molecular flexibility index (Phi) is 5.57. The molecule has 5 nitrogen and oxygen atoms in total. The number of nitrogens with zero attached hydrogens (tertiary/aromatic N) is 1. The summed E-state index contributed by atoms with van der Waals surface area (Å²) in [5, 5.41) is 5.72. The Hall–Kier alpha value is -2.09. The van der Waals surface area contributed by atoms with Crippen molar-refractivity contribution in [3.05, 3.63) is 45.2 Å². The number of hydrogen-bond donors (Lipinski definition) is 1. The van der Waals surface area contributed by atoms with E-state index in [1.54, 1.807) is 0 Å².